The standard InChI is InChI=1S/C32H34F2N6O2/c33-27-8-5-25(6-9-27)19-38-13-15-40(16-14-38)31(22-41)26-7-10-30(36-18-26)32(42)37-29-11-12-39(21-28(29)34)20-24-3-1-23(17-35)2-4-24/h1-10,18,22,28-29,31H,11-16,19-21H2,(H,37,42). The lowest BCUT2D eigenvalue weighted by molar-refractivity contribution is -0.113. The van der Waals surface area contributed by atoms with Crippen molar-refractivity contribution in [2.24, 2.45) is 0 Å². The van der Waals surface area contributed by atoms with Crippen molar-refractivity contribution in [3.63, 3.8) is 0 Å². The number of aldehydes is 1. The first-order chi connectivity index (χ1) is 20.4. The van der Waals surface area contributed by atoms with Crippen LogP contribution < -0.4 is 5.32 Å². The monoisotopic (exact) mass is 572 g/mol. The van der Waals surface area contributed by atoms with Gasteiger partial charge >= 0.3 is 0 Å². The Hall–Kier alpha value is -4.04. The topological polar surface area (TPSA) is 92.6 Å². The minimum atomic E-state index is -1.22. The lowest BCUT2D eigenvalue weighted by Gasteiger charge is -2.37. The van der Waals surface area contributed by atoms with Crippen molar-refractivity contribution >= 4 is 12.2 Å². The fraction of sp³-hybridized carbons (Fsp3) is 0.375. The van der Waals surface area contributed by atoms with E-state index in [-0.39, 0.29) is 18.1 Å². The van der Waals surface area contributed by atoms with Crippen LogP contribution in [-0.2, 0) is 17.9 Å². The van der Waals surface area contributed by atoms with E-state index in [1.807, 2.05) is 17.0 Å². The first kappa shape index (κ1) is 29.5. The predicted molar refractivity (Wildman–Crippen MR) is 153 cm³/mol. The van der Waals surface area contributed by atoms with E-state index in [4.69, 9.17) is 5.26 Å². The number of nitrogens with one attached hydrogen (secondary N) is 1. The van der Waals surface area contributed by atoms with Crippen LogP contribution >= 0.6 is 0 Å². The average Bonchev–Trinajstić information content (AvgIpc) is 3.01. The molecule has 10 heteroatoms. The van der Waals surface area contributed by atoms with Gasteiger partial charge in [-0.2, -0.15) is 5.26 Å². The van der Waals surface area contributed by atoms with E-state index < -0.39 is 24.2 Å². The number of pyridine rings is 1. The highest BCUT2D eigenvalue weighted by Crippen LogP contribution is 2.22. The van der Waals surface area contributed by atoms with Gasteiger partial charge in [-0.1, -0.05) is 30.3 Å². The summed E-state index contributed by atoms with van der Waals surface area (Å²) in [5.41, 5.74) is 3.52. The summed E-state index contributed by atoms with van der Waals surface area (Å²) in [5, 5.41) is 11.7. The number of hydrogen-bond acceptors (Lipinski definition) is 7. The highest BCUT2D eigenvalue weighted by atomic mass is 19.1. The Kier molecular flexibility index (Phi) is 9.64. The summed E-state index contributed by atoms with van der Waals surface area (Å²) in [6.07, 6.45) is 1.70. The number of benzene rings is 2. The second-order valence-corrected chi connectivity index (χ2v) is 10.9. The largest absolute Gasteiger partial charge is 0.345 e. The van der Waals surface area contributed by atoms with Crippen molar-refractivity contribution in [1.29, 1.82) is 5.26 Å². The zero-order valence-corrected chi connectivity index (χ0v) is 23.3. The van der Waals surface area contributed by atoms with Crippen molar-refractivity contribution in [3.05, 3.63) is 101 Å². The Labute approximate surface area is 244 Å². The van der Waals surface area contributed by atoms with Crippen LogP contribution in [-0.4, -0.2) is 83.4 Å². The predicted octanol–water partition coefficient (Wildman–Crippen LogP) is 3.49. The molecule has 3 atom stereocenters. The van der Waals surface area contributed by atoms with Gasteiger partial charge in [0.05, 0.1) is 23.7 Å². The Morgan fingerprint density at radius 1 is 0.976 bits per heavy atom. The number of piperidine rings is 1. The third-order valence-electron chi connectivity index (χ3n) is 8.04. The number of halogens is 2. The van der Waals surface area contributed by atoms with Crippen LogP contribution in [0.1, 0.15) is 45.2 Å². The lowest BCUT2D eigenvalue weighted by atomic mass is 10.0. The first-order valence-corrected chi connectivity index (χ1v) is 14.2. The molecule has 5 rings (SSSR count). The summed E-state index contributed by atoms with van der Waals surface area (Å²) >= 11 is 0. The van der Waals surface area contributed by atoms with Gasteiger partial charge in [0.2, 0.25) is 0 Å². The van der Waals surface area contributed by atoms with E-state index in [0.29, 0.717) is 43.7 Å². The number of carbonyl (C=O) groups excluding carboxylic acids is 2. The SMILES string of the molecule is N#Cc1ccc(CN2CCC(NC(=O)c3ccc(C(C=O)N4CCN(Cc5ccc(F)cc5)CC4)cn3)C(F)C2)cc1. The van der Waals surface area contributed by atoms with Crippen LogP contribution in [0.4, 0.5) is 8.78 Å². The number of likely N-dealkylation sites (tertiary alicyclic amines) is 1. The number of amides is 1. The Bertz CT molecular complexity index is 1390. The number of rotatable bonds is 9. The molecule has 0 saturated carbocycles. The van der Waals surface area contributed by atoms with Crippen LogP contribution in [0.2, 0.25) is 0 Å². The number of hydrogen-bond donors (Lipinski definition) is 1. The van der Waals surface area contributed by atoms with Crippen LogP contribution in [0.5, 0.6) is 0 Å². The molecule has 0 aliphatic carbocycles. The zero-order valence-electron chi connectivity index (χ0n) is 23.3. The van der Waals surface area contributed by atoms with Gasteiger partial charge in [-0.3, -0.25) is 24.5 Å². The molecule has 2 fully saturated rings. The highest BCUT2D eigenvalue weighted by molar-refractivity contribution is 5.92. The maximum Gasteiger partial charge on any atom is 0.270 e. The van der Waals surface area contributed by atoms with Gasteiger partial charge < -0.3 is 10.1 Å². The molecular formula is C32H34F2N6O2. The summed E-state index contributed by atoms with van der Waals surface area (Å²) in [5.74, 6) is -0.689. The van der Waals surface area contributed by atoms with Crippen molar-refractivity contribution in [2.45, 2.75) is 37.8 Å². The summed E-state index contributed by atoms with van der Waals surface area (Å²) in [7, 11) is 0. The molecule has 1 amide bonds. The van der Waals surface area contributed by atoms with Gasteiger partial charge in [0.15, 0.2) is 0 Å². The minimum Gasteiger partial charge on any atom is -0.345 e. The number of carbonyl (C=O) groups is 2. The number of nitriles is 1. The molecule has 2 aliphatic rings. The Balaban J connectivity index is 1.10. The van der Waals surface area contributed by atoms with Gasteiger partial charge in [-0.05, 0) is 53.4 Å². The molecule has 2 aromatic carbocycles. The minimum absolute atomic E-state index is 0.180. The molecule has 8 nitrogen and oxygen atoms in total. The number of piperazine rings is 1. The Morgan fingerprint density at radius 3 is 2.24 bits per heavy atom. The summed E-state index contributed by atoms with van der Waals surface area (Å²) < 4.78 is 28.2. The quantitative estimate of drug-likeness (QED) is 0.393. The average molecular weight is 573 g/mol. The van der Waals surface area contributed by atoms with Gasteiger partial charge in [0, 0.05) is 58.6 Å². The van der Waals surface area contributed by atoms with Crippen molar-refractivity contribution < 1.29 is 18.4 Å². The number of nitrogens with zero attached hydrogens (tertiary/aromatic N) is 5. The number of alkyl halides is 1. The molecule has 0 spiro atoms. The molecule has 0 bridgehead atoms. The lowest BCUT2D eigenvalue weighted by Crippen LogP contribution is -2.52. The highest BCUT2D eigenvalue weighted by Gasteiger charge is 2.31. The van der Waals surface area contributed by atoms with Crippen LogP contribution in [0.25, 0.3) is 0 Å². The van der Waals surface area contributed by atoms with Crippen molar-refractivity contribution in [2.75, 3.05) is 39.3 Å². The normalized spacial score (nSPS) is 20.9. The summed E-state index contributed by atoms with van der Waals surface area (Å²) in [6.45, 7) is 5.06. The fourth-order valence-corrected chi connectivity index (χ4v) is 5.60. The summed E-state index contributed by atoms with van der Waals surface area (Å²) in [4.78, 5) is 35.6. The van der Waals surface area contributed by atoms with Gasteiger partial charge in [0.1, 0.15) is 24.0 Å². The van der Waals surface area contributed by atoms with E-state index in [2.05, 4.69) is 26.2 Å². The van der Waals surface area contributed by atoms with Crippen LogP contribution in [0, 0.1) is 17.1 Å². The molecular weight excluding hydrogens is 538 g/mol. The van der Waals surface area contributed by atoms with Gasteiger partial charge in [0.25, 0.3) is 5.91 Å². The molecule has 3 heterocycles. The van der Waals surface area contributed by atoms with E-state index in [1.165, 1.54) is 12.1 Å². The third kappa shape index (κ3) is 7.42. The second-order valence-electron chi connectivity index (χ2n) is 10.9. The Morgan fingerprint density at radius 2 is 1.64 bits per heavy atom. The molecule has 2 aliphatic heterocycles. The molecule has 2 saturated heterocycles. The van der Waals surface area contributed by atoms with E-state index in [0.717, 1.165) is 37.0 Å². The molecule has 1 N–H and O–H groups in total. The first-order valence-electron chi connectivity index (χ1n) is 14.2. The summed E-state index contributed by atoms with van der Waals surface area (Å²) in [6, 6.07) is 18.1. The molecule has 3 aromatic rings. The molecule has 1 aromatic heterocycles. The number of aromatic nitrogens is 1. The maximum absolute atomic E-state index is 15.0. The van der Waals surface area contributed by atoms with Crippen molar-refractivity contribution in [3.8, 4) is 6.07 Å². The zero-order chi connectivity index (χ0) is 29.5. The fourth-order valence-electron chi connectivity index (χ4n) is 5.60. The van der Waals surface area contributed by atoms with Crippen LogP contribution in [0.3, 0.4) is 0 Å². The second kappa shape index (κ2) is 13.7. The van der Waals surface area contributed by atoms with E-state index in [1.54, 1.807) is 42.6 Å². The molecule has 218 valence electrons. The molecule has 0 radical (unpaired) electrons. The molecule has 3 unspecified atom stereocenters. The van der Waals surface area contributed by atoms with E-state index >= 15 is 4.39 Å². The van der Waals surface area contributed by atoms with Crippen molar-refractivity contribution in [1.82, 2.24) is 25.0 Å². The molecule has 42 heavy (non-hydrogen) atoms. The smallest absolute Gasteiger partial charge is 0.270 e. The van der Waals surface area contributed by atoms with Gasteiger partial charge in [-0.15, -0.1) is 0 Å². The third-order valence-corrected chi connectivity index (χ3v) is 8.04. The van der Waals surface area contributed by atoms with Gasteiger partial charge in [-0.25, -0.2) is 8.78 Å². The van der Waals surface area contributed by atoms with E-state index in [9.17, 15) is 14.0 Å². The maximum atomic E-state index is 15.0. The van der Waals surface area contributed by atoms with Crippen LogP contribution in [0.15, 0.2) is 66.9 Å².